The van der Waals surface area contributed by atoms with Gasteiger partial charge in [-0.2, -0.15) is 18.3 Å². The number of halogens is 4. The number of nitrogens with two attached hydrogens (primary N) is 1. The van der Waals surface area contributed by atoms with Gasteiger partial charge in [0.15, 0.2) is 0 Å². The van der Waals surface area contributed by atoms with Gasteiger partial charge in [0.1, 0.15) is 5.82 Å². The SMILES string of the molecule is Cc1nn(C)cc1C(N)c1ccc(C(F)(F)F)c(F)c1. The summed E-state index contributed by atoms with van der Waals surface area (Å²) < 4.78 is 52.5. The third kappa shape index (κ3) is 2.67. The number of aryl methyl sites for hydroxylation is 2. The van der Waals surface area contributed by atoms with E-state index in [-0.39, 0.29) is 5.56 Å². The summed E-state index contributed by atoms with van der Waals surface area (Å²) in [7, 11) is 1.70. The molecule has 1 atom stereocenters. The van der Waals surface area contributed by atoms with E-state index in [1.54, 1.807) is 24.9 Å². The number of nitrogens with zero attached hydrogens (tertiary/aromatic N) is 2. The maximum Gasteiger partial charge on any atom is 0.419 e. The number of hydrogen-bond donors (Lipinski definition) is 1. The van der Waals surface area contributed by atoms with Gasteiger partial charge in [0.05, 0.1) is 17.3 Å². The van der Waals surface area contributed by atoms with Crippen LogP contribution in [-0.2, 0) is 13.2 Å². The van der Waals surface area contributed by atoms with Crippen LogP contribution >= 0.6 is 0 Å². The van der Waals surface area contributed by atoms with Gasteiger partial charge in [-0.3, -0.25) is 4.68 Å². The normalized spacial score (nSPS) is 13.6. The molecule has 2 rings (SSSR count). The van der Waals surface area contributed by atoms with Crippen molar-refractivity contribution in [2.24, 2.45) is 12.8 Å². The van der Waals surface area contributed by atoms with Crippen LogP contribution in [0, 0.1) is 12.7 Å². The van der Waals surface area contributed by atoms with Crippen LogP contribution < -0.4 is 5.73 Å². The molecule has 0 radical (unpaired) electrons. The molecule has 108 valence electrons. The minimum atomic E-state index is -4.71. The smallest absolute Gasteiger partial charge is 0.320 e. The summed E-state index contributed by atoms with van der Waals surface area (Å²) in [5.41, 5.74) is 6.23. The topological polar surface area (TPSA) is 43.8 Å². The summed E-state index contributed by atoms with van der Waals surface area (Å²) in [6.45, 7) is 1.73. The highest BCUT2D eigenvalue weighted by atomic mass is 19.4. The summed E-state index contributed by atoms with van der Waals surface area (Å²) in [5.74, 6) is -1.33. The first-order chi connectivity index (χ1) is 9.20. The van der Waals surface area contributed by atoms with Crippen LogP contribution in [0.25, 0.3) is 0 Å². The highest BCUT2D eigenvalue weighted by Crippen LogP contribution is 2.33. The fraction of sp³-hybridized carbons (Fsp3) is 0.308. The number of benzene rings is 1. The molecule has 2 N–H and O–H groups in total. The van der Waals surface area contributed by atoms with Crippen molar-refractivity contribution in [3.63, 3.8) is 0 Å². The standard InChI is InChI=1S/C13H13F4N3/c1-7-9(6-20(2)19-7)12(18)8-3-4-10(11(14)5-8)13(15,16)17/h3-6,12H,18H2,1-2H3. The van der Waals surface area contributed by atoms with Gasteiger partial charge in [0.2, 0.25) is 0 Å². The van der Waals surface area contributed by atoms with Crippen LogP contribution in [0.3, 0.4) is 0 Å². The summed E-state index contributed by atoms with van der Waals surface area (Å²) in [6.07, 6.45) is -3.05. The molecule has 0 spiro atoms. The van der Waals surface area contributed by atoms with E-state index in [1.807, 2.05) is 0 Å². The number of rotatable bonds is 2. The molecule has 20 heavy (non-hydrogen) atoms. The van der Waals surface area contributed by atoms with E-state index >= 15 is 0 Å². The van der Waals surface area contributed by atoms with Crippen molar-refractivity contribution in [2.45, 2.75) is 19.1 Å². The van der Waals surface area contributed by atoms with E-state index < -0.39 is 23.6 Å². The van der Waals surface area contributed by atoms with Gasteiger partial charge in [0.25, 0.3) is 0 Å². The third-order valence-corrected chi connectivity index (χ3v) is 3.04. The molecule has 0 fully saturated rings. The van der Waals surface area contributed by atoms with Crippen LogP contribution in [0.1, 0.15) is 28.4 Å². The van der Waals surface area contributed by atoms with Gasteiger partial charge < -0.3 is 5.73 Å². The summed E-state index contributed by atoms with van der Waals surface area (Å²) >= 11 is 0. The number of aromatic nitrogens is 2. The van der Waals surface area contributed by atoms with Crippen LogP contribution in [0.5, 0.6) is 0 Å². The second kappa shape index (κ2) is 4.90. The van der Waals surface area contributed by atoms with Crippen LogP contribution in [0.2, 0.25) is 0 Å². The van der Waals surface area contributed by atoms with Gasteiger partial charge in [-0.25, -0.2) is 4.39 Å². The minimum absolute atomic E-state index is 0.270. The Hall–Kier alpha value is -1.89. The quantitative estimate of drug-likeness (QED) is 0.863. The van der Waals surface area contributed by atoms with E-state index in [4.69, 9.17) is 5.73 Å². The molecule has 1 aromatic carbocycles. The Bertz CT molecular complexity index is 631. The zero-order valence-corrected chi connectivity index (χ0v) is 10.9. The lowest BCUT2D eigenvalue weighted by Gasteiger charge is -2.14. The lowest BCUT2D eigenvalue weighted by Crippen LogP contribution is -2.14. The van der Waals surface area contributed by atoms with Gasteiger partial charge in [-0.1, -0.05) is 6.07 Å². The van der Waals surface area contributed by atoms with Crippen molar-refractivity contribution < 1.29 is 17.6 Å². The molecule has 0 amide bonds. The molecule has 0 saturated carbocycles. The Morgan fingerprint density at radius 1 is 1.30 bits per heavy atom. The first-order valence-electron chi connectivity index (χ1n) is 5.82. The predicted octanol–water partition coefficient (Wildman–Crippen LogP) is 2.93. The van der Waals surface area contributed by atoms with Crippen molar-refractivity contribution in [2.75, 3.05) is 0 Å². The molecule has 0 saturated heterocycles. The molecule has 1 aromatic heterocycles. The third-order valence-electron chi connectivity index (χ3n) is 3.04. The van der Waals surface area contributed by atoms with Gasteiger partial charge >= 0.3 is 6.18 Å². The number of hydrogen-bond acceptors (Lipinski definition) is 2. The second-order valence-electron chi connectivity index (χ2n) is 4.56. The average Bonchev–Trinajstić information content (AvgIpc) is 2.65. The zero-order valence-electron chi connectivity index (χ0n) is 10.9. The predicted molar refractivity (Wildman–Crippen MR) is 65.4 cm³/mol. The van der Waals surface area contributed by atoms with Crippen LogP contribution in [0.15, 0.2) is 24.4 Å². The van der Waals surface area contributed by atoms with Crippen molar-refractivity contribution in [1.82, 2.24) is 9.78 Å². The van der Waals surface area contributed by atoms with E-state index in [0.717, 1.165) is 6.07 Å². The van der Waals surface area contributed by atoms with Gasteiger partial charge in [-0.05, 0) is 24.6 Å². The Morgan fingerprint density at radius 2 is 1.95 bits per heavy atom. The molecular weight excluding hydrogens is 274 g/mol. The minimum Gasteiger partial charge on any atom is -0.320 e. The van der Waals surface area contributed by atoms with Crippen LogP contribution in [0.4, 0.5) is 17.6 Å². The van der Waals surface area contributed by atoms with E-state index in [2.05, 4.69) is 5.10 Å². The molecule has 0 aliphatic rings. The maximum absolute atomic E-state index is 13.5. The van der Waals surface area contributed by atoms with Crippen molar-refractivity contribution in [3.05, 3.63) is 52.6 Å². The average molecular weight is 287 g/mol. The maximum atomic E-state index is 13.5. The first-order valence-corrected chi connectivity index (χ1v) is 5.82. The zero-order chi connectivity index (χ0) is 15.1. The first kappa shape index (κ1) is 14.5. The largest absolute Gasteiger partial charge is 0.419 e. The lowest BCUT2D eigenvalue weighted by molar-refractivity contribution is -0.140. The van der Waals surface area contributed by atoms with Crippen LogP contribution in [-0.4, -0.2) is 9.78 Å². The second-order valence-corrected chi connectivity index (χ2v) is 4.56. The molecule has 3 nitrogen and oxygen atoms in total. The van der Waals surface area contributed by atoms with E-state index in [0.29, 0.717) is 17.3 Å². The Morgan fingerprint density at radius 3 is 2.40 bits per heavy atom. The summed E-state index contributed by atoms with van der Waals surface area (Å²) in [4.78, 5) is 0. The number of alkyl halides is 3. The molecule has 7 heteroatoms. The van der Waals surface area contributed by atoms with E-state index in [1.165, 1.54) is 6.07 Å². The highest BCUT2D eigenvalue weighted by molar-refractivity contribution is 5.35. The fourth-order valence-corrected chi connectivity index (χ4v) is 2.06. The van der Waals surface area contributed by atoms with Crippen molar-refractivity contribution in [1.29, 1.82) is 0 Å². The monoisotopic (exact) mass is 287 g/mol. The Balaban J connectivity index is 2.39. The molecular formula is C13H13F4N3. The lowest BCUT2D eigenvalue weighted by atomic mass is 9.99. The van der Waals surface area contributed by atoms with Gasteiger partial charge in [-0.15, -0.1) is 0 Å². The highest BCUT2D eigenvalue weighted by Gasteiger charge is 2.34. The Labute approximate surface area is 113 Å². The molecule has 0 aliphatic heterocycles. The van der Waals surface area contributed by atoms with E-state index in [9.17, 15) is 17.6 Å². The van der Waals surface area contributed by atoms with Gasteiger partial charge in [0, 0.05) is 18.8 Å². The molecule has 1 heterocycles. The molecule has 0 aliphatic carbocycles. The summed E-state index contributed by atoms with van der Waals surface area (Å²) in [6, 6.07) is 1.99. The summed E-state index contributed by atoms with van der Waals surface area (Å²) in [5, 5.41) is 4.10. The molecule has 2 aromatic rings. The van der Waals surface area contributed by atoms with Crippen molar-refractivity contribution >= 4 is 0 Å². The fourth-order valence-electron chi connectivity index (χ4n) is 2.06. The molecule has 0 bridgehead atoms. The van der Waals surface area contributed by atoms with Crippen molar-refractivity contribution in [3.8, 4) is 0 Å². The molecule has 1 unspecified atom stereocenters. The Kier molecular flexibility index (Phi) is 3.56.